The predicted octanol–water partition coefficient (Wildman–Crippen LogP) is 4.18. The van der Waals surface area contributed by atoms with E-state index in [4.69, 9.17) is 14.2 Å². The van der Waals surface area contributed by atoms with Gasteiger partial charge in [0.2, 0.25) is 5.78 Å². The average Bonchev–Trinajstić information content (AvgIpc) is 2.99. The summed E-state index contributed by atoms with van der Waals surface area (Å²) >= 11 is 0. The van der Waals surface area contributed by atoms with Crippen molar-refractivity contribution in [3.05, 3.63) is 58.3 Å². The van der Waals surface area contributed by atoms with Gasteiger partial charge in [-0.1, -0.05) is 12.1 Å². The quantitative estimate of drug-likeness (QED) is 0.764. The molecule has 0 unspecified atom stereocenters. The summed E-state index contributed by atoms with van der Waals surface area (Å²) < 4.78 is 17.2. The fourth-order valence-electron chi connectivity index (χ4n) is 3.43. The molecular formula is C22H23NO4. The number of ether oxygens (including phenoxy) is 3. The second-order valence-electron chi connectivity index (χ2n) is 7.20. The number of nitrogens with zero attached hydrogens (tertiary/aromatic N) is 1. The summed E-state index contributed by atoms with van der Waals surface area (Å²) in [5.41, 5.74) is 3.35. The topological polar surface area (TPSA) is 48.0 Å². The highest BCUT2D eigenvalue weighted by molar-refractivity contribution is 6.15. The largest absolute Gasteiger partial charge is 0.497 e. The second kappa shape index (κ2) is 6.74. The Kier molecular flexibility index (Phi) is 4.40. The molecule has 2 heterocycles. The first-order valence-corrected chi connectivity index (χ1v) is 9.09. The second-order valence-corrected chi connectivity index (χ2v) is 7.20. The molecule has 0 amide bonds. The predicted molar refractivity (Wildman–Crippen MR) is 103 cm³/mol. The van der Waals surface area contributed by atoms with E-state index in [1.165, 1.54) is 0 Å². The summed E-state index contributed by atoms with van der Waals surface area (Å²) in [6, 6.07) is 9.82. The number of rotatable bonds is 3. The standard InChI is InChI=1S/C22H23NO4/c1-13(2)23-11-17-18(26-12-23)9-14(3)20-21(24)19(27-22(17)20)10-15-5-7-16(25-4)8-6-15/h5-10,13H,11-12H2,1-4H3/b19-10-. The van der Waals surface area contributed by atoms with Crippen molar-refractivity contribution >= 4 is 11.9 Å². The zero-order valence-corrected chi connectivity index (χ0v) is 16.0. The van der Waals surface area contributed by atoms with E-state index in [1.54, 1.807) is 13.2 Å². The van der Waals surface area contributed by atoms with Crippen LogP contribution in [-0.2, 0) is 6.54 Å². The fourth-order valence-corrected chi connectivity index (χ4v) is 3.43. The molecule has 0 atom stereocenters. The molecule has 27 heavy (non-hydrogen) atoms. The molecule has 0 aliphatic carbocycles. The van der Waals surface area contributed by atoms with Gasteiger partial charge in [-0.3, -0.25) is 9.69 Å². The van der Waals surface area contributed by atoms with E-state index in [-0.39, 0.29) is 5.78 Å². The molecule has 0 bridgehead atoms. The van der Waals surface area contributed by atoms with Gasteiger partial charge in [-0.2, -0.15) is 0 Å². The lowest BCUT2D eigenvalue weighted by atomic mass is 9.98. The molecule has 5 nitrogen and oxygen atoms in total. The van der Waals surface area contributed by atoms with Gasteiger partial charge >= 0.3 is 0 Å². The first-order valence-electron chi connectivity index (χ1n) is 9.09. The number of aryl methyl sites for hydroxylation is 1. The van der Waals surface area contributed by atoms with Crippen LogP contribution in [0.5, 0.6) is 17.2 Å². The van der Waals surface area contributed by atoms with Gasteiger partial charge < -0.3 is 14.2 Å². The van der Waals surface area contributed by atoms with Crippen molar-refractivity contribution in [3.8, 4) is 17.2 Å². The van der Waals surface area contributed by atoms with Crippen LogP contribution in [-0.4, -0.2) is 30.6 Å². The SMILES string of the molecule is COc1ccc(/C=C2\Oc3c4c(cc(C)c3C2=O)OCN(C(C)C)C4)cc1. The summed E-state index contributed by atoms with van der Waals surface area (Å²) in [5.74, 6) is 2.48. The van der Waals surface area contributed by atoms with Crippen LogP contribution in [0.25, 0.3) is 6.08 Å². The molecular weight excluding hydrogens is 342 g/mol. The van der Waals surface area contributed by atoms with Gasteiger partial charge in [-0.25, -0.2) is 0 Å². The van der Waals surface area contributed by atoms with Gasteiger partial charge in [-0.15, -0.1) is 0 Å². The Morgan fingerprint density at radius 1 is 1.22 bits per heavy atom. The Morgan fingerprint density at radius 2 is 1.96 bits per heavy atom. The van der Waals surface area contributed by atoms with Gasteiger partial charge in [0, 0.05) is 12.6 Å². The lowest BCUT2D eigenvalue weighted by Gasteiger charge is -2.32. The normalized spacial score (nSPS) is 17.5. The van der Waals surface area contributed by atoms with Crippen molar-refractivity contribution in [1.29, 1.82) is 0 Å². The molecule has 0 spiro atoms. The Hall–Kier alpha value is -2.79. The number of carbonyl (C=O) groups is 1. The molecule has 0 saturated carbocycles. The number of benzene rings is 2. The third-order valence-electron chi connectivity index (χ3n) is 5.09. The molecule has 140 valence electrons. The molecule has 0 N–H and O–H groups in total. The fraction of sp³-hybridized carbons (Fsp3) is 0.318. The monoisotopic (exact) mass is 365 g/mol. The van der Waals surface area contributed by atoms with Gasteiger partial charge in [0.15, 0.2) is 5.76 Å². The maximum Gasteiger partial charge on any atom is 0.232 e. The number of ketones is 1. The molecule has 4 rings (SSSR count). The number of hydrogen-bond donors (Lipinski definition) is 0. The molecule has 2 aliphatic heterocycles. The van der Waals surface area contributed by atoms with Crippen molar-refractivity contribution in [2.24, 2.45) is 0 Å². The average molecular weight is 365 g/mol. The summed E-state index contributed by atoms with van der Waals surface area (Å²) in [4.78, 5) is 15.2. The van der Waals surface area contributed by atoms with Gasteiger partial charge in [0.25, 0.3) is 0 Å². The molecule has 2 aromatic carbocycles. The van der Waals surface area contributed by atoms with E-state index in [0.29, 0.717) is 36.4 Å². The maximum absolute atomic E-state index is 13.0. The summed E-state index contributed by atoms with van der Waals surface area (Å²) in [5, 5.41) is 0. The molecule has 2 aliphatic rings. The molecule has 5 heteroatoms. The Labute approximate surface area is 159 Å². The first-order chi connectivity index (χ1) is 13.0. The minimum atomic E-state index is -0.0808. The van der Waals surface area contributed by atoms with E-state index in [9.17, 15) is 4.79 Å². The number of allylic oxidation sites excluding steroid dienone is 1. The highest BCUT2D eigenvalue weighted by Gasteiger charge is 2.35. The zero-order valence-electron chi connectivity index (χ0n) is 16.0. The third-order valence-corrected chi connectivity index (χ3v) is 5.09. The lowest BCUT2D eigenvalue weighted by molar-refractivity contribution is 0.0673. The summed E-state index contributed by atoms with van der Waals surface area (Å²) in [6.07, 6.45) is 1.78. The van der Waals surface area contributed by atoms with Gasteiger partial charge in [0.05, 0.1) is 18.2 Å². The highest BCUT2D eigenvalue weighted by Crippen LogP contribution is 2.44. The van der Waals surface area contributed by atoms with Gasteiger partial charge in [-0.05, 0) is 56.2 Å². The van der Waals surface area contributed by atoms with Crippen LogP contribution in [0.15, 0.2) is 36.1 Å². The van der Waals surface area contributed by atoms with Crippen molar-refractivity contribution in [2.45, 2.75) is 33.4 Å². The first kappa shape index (κ1) is 17.6. The number of Topliss-reactive ketones (excluding diaryl/α,β-unsaturated/α-hetero) is 1. The number of hydrogen-bond acceptors (Lipinski definition) is 5. The van der Waals surface area contributed by atoms with Crippen molar-refractivity contribution < 1.29 is 19.0 Å². The van der Waals surface area contributed by atoms with Gasteiger partial charge in [0.1, 0.15) is 24.0 Å². The highest BCUT2D eigenvalue weighted by atomic mass is 16.5. The van der Waals surface area contributed by atoms with Crippen molar-refractivity contribution in [2.75, 3.05) is 13.8 Å². The van der Waals surface area contributed by atoms with Crippen LogP contribution >= 0.6 is 0 Å². The third kappa shape index (κ3) is 3.08. The Balaban J connectivity index is 1.72. The number of methoxy groups -OCH3 is 1. The maximum atomic E-state index is 13.0. The minimum absolute atomic E-state index is 0.0808. The number of fused-ring (bicyclic) bond motifs is 3. The van der Waals surface area contributed by atoms with Crippen molar-refractivity contribution in [3.63, 3.8) is 0 Å². The Morgan fingerprint density at radius 3 is 2.63 bits per heavy atom. The molecule has 0 saturated heterocycles. The van der Waals surface area contributed by atoms with E-state index in [0.717, 1.165) is 28.2 Å². The lowest BCUT2D eigenvalue weighted by Crippen LogP contribution is -2.37. The van der Waals surface area contributed by atoms with Crippen LogP contribution in [0.1, 0.15) is 40.9 Å². The molecule has 0 aromatic heterocycles. The van der Waals surface area contributed by atoms with Crippen LogP contribution < -0.4 is 14.2 Å². The molecule has 0 radical (unpaired) electrons. The van der Waals surface area contributed by atoms with E-state index in [1.807, 2.05) is 37.3 Å². The van der Waals surface area contributed by atoms with E-state index >= 15 is 0 Å². The molecule has 2 aromatic rings. The number of carbonyl (C=O) groups excluding carboxylic acids is 1. The van der Waals surface area contributed by atoms with Crippen LogP contribution in [0, 0.1) is 6.92 Å². The van der Waals surface area contributed by atoms with Crippen LogP contribution in [0.3, 0.4) is 0 Å². The van der Waals surface area contributed by atoms with E-state index < -0.39 is 0 Å². The van der Waals surface area contributed by atoms with Crippen LogP contribution in [0.2, 0.25) is 0 Å². The molecule has 0 fully saturated rings. The Bertz CT molecular complexity index is 928. The van der Waals surface area contributed by atoms with E-state index in [2.05, 4.69) is 18.7 Å². The summed E-state index contributed by atoms with van der Waals surface area (Å²) in [6.45, 7) is 7.44. The minimum Gasteiger partial charge on any atom is -0.497 e. The smallest absolute Gasteiger partial charge is 0.232 e. The van der Waals surface area contributed by atoms with Crippen LogP contribution in [0.4, 0.5) is 0 Å². The summed E-state index contributed by atoms with van der Waals surface area (Å²) in [7, 11) is 1.63. The van der Waals surface area contributed by atoms with Crippen molar-refractivity contribution in [1.82, 2.24) is 4.90 Å². The zero-order chi connectivity index (χ0) is 19.1.